The zero-order valence-corrected chi connectivity index (χ0v) is 18.5. The maximum atomic E-state index is 12.4. The number of aromatic nitrogens is 1. The van der Waals surface area contributed by atoms with Gasteiger partial charge in [0.2, 0.25) is 0 Å². The predicted molar refractivity (Wildman–Crippen MR) is 109 cm³/mol. The molecule has 0 spiro atoms. The second kappa shape index (κ2) is 9.13. The van der Waals surface area contributed by atoms with E-state index >= 15 is 0 Å². The van der Waals surface area contributed by atoms with Crippen LogP contribution in [0.4, 0.5) is 4.79 Å². The van der Waals surface area contributed by atoms with Crippen LogP contribution in [0.2, 0.25) is 0 Å². The van der Waals surface area contributed by atoms with Gasteiger partial charge in [0.15, 0.2) is 4.80 Å². The highest BCUT2D eigenvalue weighted by molar-refractivity contribution is 7.09. The Kier molecular flexibility index (Phi) is 7.07. The van der Waals surface area contributed by atoms with E-state index in [1.807, 2.05) is 6.07 Å². The average Bonchev–Trinajstić information content (AvgIpc) is 2.94. The molecule has 0 aliphatic carbocycles. The third kappa shape index (κ3) is 5.60. The maximum Gasteiger partial charge on any atom is 0.436 e. The summed E-state index contributed by atoms with van der Waals surface area (Å²) in [4.78, 5) is 29.7. The molecule has 0 atom stereocenters. The van der Waals surface area contributed by atoms with Crippen LogP contribution in [0.15, 0.2) is 23.2 Å². The lowest BCUT2D eigenvalue weighted by Gasteiger charge is -2.17. The number of carbonyl (C=O) groups is 2. The molecule has 9 heteroatoms. The van der Waals surface area contributed by atoms with Gasteiger partial charge in [-0.1, -0.05) is 0 Å². The molecule has 8 nitrogen and oxygen atoms in total. The molecule has 0 saturated heterocycles. The van der Waals surface area contributed by atoms with Crippen molar-refractivity contribution in [3.63, 3.8) is 0 Å². The first-order chi connectivity index (χ1) is 13.6. The number of amides is 1. The number of thiazole rings is 1. The highest BCUT2D eigenvalue weighted by Crippen LogP contribution is 2.26. The third-order valence-corrected chi connectivity index (χ3v) is 4.85. The summed E-state index contributed by atoms with van der Waals surface area (Å²) in [7, 11) is 4.43. The minimum atomic E-state index is -0.731. The molecule has 0 N–H and O–H groups in total. The van der Waals surface area contributed by atoms with Crippen LogP contribution in [0.25, 0.3) is 0 Å². The molecule has 29 heavy (non-hydrogen) atoms. The Morgan fingerprint density at radius 2 is 1.83 bits per heavy atom. The molecule has 1 aromatic heterocycles. The molecule has 2 rings (SSSR count). The Morgan fingerprint density at radius 1 is 1.14 bits per heavy atom. The fourth-order valence-electron chi connectivity index (χ4n) is 2.62. The molecule has 1 aromatic carbocycles. The molecule has 0 aliphatic rings. The Labute approximate surface area is 173 Å². The van der Waals surface area contributed by atoms with Gasteiger partial charge in [0.05, 0.1) is 27.9 Å². The maximum absolute atomic E-state index is 12.4. The topological polar surface area (TPSA) is 88.3 Å². The summed E-state index contributed by atoms with van der Waals surface area (Å²) >= 11 is 1.21. The second-order valence-corrected chi connectivity index (χ2v) is 8.32. The summed E-state index contributed by atoms with van der Waals surface area (Å²) < 4.78 is 22.5. The standard InChI is InChI=1S/C20H26N2O6S/c1-12-16(17(23)27-7)22(18(29-12)21-19(24)28-20(2,3)4)11-13-8-9-14(25-5)10-15(13)26-6/h8-10H,11H2,1-7H3. The summed E-state index contributed by atoms with van der Waals surface area (Å²) in [6.45, 7) is 7.29. The molecule has 0 radical (unpaired) electrons. The Hall–Kier alpha value is -2.81. The van der Waals surface area contributed by atoms with Crippen LogP contribution >= 0.6 is 11.3 Å². The molecule has 2 aromatic rings. The first-order valence-corrected chi connectivity index (χ1v) is 9.68. The van der Waals surface area contributed by atoms with Crippen molar-refractivity contribution < 1.29 is 28.5 Å². The van der Waals surface area contributed by atoms with E-state index in [2.05, 4.69) is 4.99 Å². The molecular weight excluding hydrogens is 396 g/mol. The van der Waals surface area contributed by atoms with E-state index in [1.165, 1.54) is 18.4 Å². The first kappa shape index (κ1) is 22.5. The molecule has 0 aliphatic heterocycles. The van der Waals surface area contributed by atoms with Gasteiger partial charge in [-0.2, -0.15) is 0 Å². The second-order valence-electron chi connectivity index (χ2n) is 7.14. The minimum Gasteiger partial charge on any atom is -0.497 e. The summed E-state index contributed by atoms with van der Waals surface area (Å²) in [6, 6.07) is 5.37. The van der Waals surface area contributed by atoms with Crippen LogP contribution < -0.4 is 14.3 Å². The highest BCUT2D eigenvalue weighted by Gasteiger charge is 2.22. The quantitative estimate of drug-likeness (QED) is 0.685. The summed E-state index contributed by atoms with van der Waals surface area (Å²) in [5, 5.41) is 0. The number of carbonyl (C=O) groups excluding carboxylic acids is 2. The molecule has 0 bridgehead atoms. The Balaban J connectivity index is 2.59. The number of hydrogen-bond acceptors (Lipinski definition) is 7. The zero-order valence-electron chi connectivity index (χ0n) is 17.7. The van der Waals surface area contributed by atoms with Crippen molar-refractivity contribution in [1.82, 2.24) is 4.57 Å². The van der Waals surface area contributed by atoms with Crippen LogP contribution in [-0.2, 0) is 16.0 Å². The number of esters is 1. The first-order valence-electron chi connectivity index (χ1n) is 8.86. The Bertz CT molecular complexity index is 968. The van der Waals surface area contributed by atoms with Gasteiger partial charge >= 0.3 is 12.1 Å². The number of nitrogens with zero attached hydrogens (tertiary/aromatic N) is 2. The SMILES string of the molecule is COC(=O)c1c(C)sc(=NC(=O)OC(C)(C)C)n1Cc1ccc(OC)cc1OC. The molecule has 0 fully saturated rings. The van der Waals surface area contributed by atoms with Crippen molar-refractivity contribution in [2.45, 2.75) is 39.8 Å². The van der Waals surface area contributed by atoms with E-state index in [4.69, 9.17) is 18.9 Å². The van der Waals surface area contributed by atoms with Crippen molar-refractivity contribution in [2.75, 3.05) is 21.3 Å². The molecule has 158 valence electrons. The van der Waals surface area contributed by atoms with Gasteiger partial charge in [0.25, 0.3) is 0 Å². The number of benzene rings is 1. The van der Waals surface area contributed by atoms with Gasteiger partial charge in [0, 0.05) is 16.5 Å². The zero-order chi connectivity index (χ0) is 21.8. The number of rotatable bonds is 5. The van der Waals surface area contributed by atoms with Crippen LogP contribution in [0, 0.1) is 6.92 Å². The van der Waals surface area contributed by atoms with E-state index in [1.54, 1.807) is 58.6 Å². The third-order valence-electron chi connectivity index (χ3n) is 3.86. The van der Waals surface area contributed by atoms with Crippen molar-refractivity contribution in [1.29, 1.82) is 0 Å². The normalized spacial score (nSPS) is 11.9. The number of aryl methyl sites for hydroxylation is 1. The summed E-state index contributed by atoms with van der Waals surface area (Å²) in [5.74, 6) is 0.709. The largest absolute Gasteiger partial charge is 0.497 e. The van der Waals surface area contributed by atoms with Crippen molar-refractivity contribution in [2.24, 2.45) is 4.99 Å². The lowest BCUT2D eigenvalue weighted by atomic mass is 10.2. The lowest BCUT2D eigenvalue weighted by Crippen LogP contribution is -2.26. The van der Waals surface area contributed by atoms with Crippen LogP contribution in [0.5, 0.6) is 11.5 Å². The summed E-state index contributed by atoms with van der Waals surface area (Å²) in [5.41, 5.74) is 0.418. The molecule has 1 heterocycles. The van der Waals surface area contributed by atoms with Gasteiger partial charge in [0.1, 0.15) is 22.8 Å². The van der Waals surface area contributed by atoms with E-state index < -0.39 is 17.7 Å². The van der Waals surface area contributed by atoms with E-state index in [0.29, 0.717) is 26.9 Å². The minimum absolute atomic E-state index is 0.240. The summed E-state index contributed by atoms with van der Waals surface area (Å²) in [6.07, 6.45) is -0.731. The number of ether oxygens (including phenoxy) is 4. The van der Waals surface area contributed by atoms with Crippen molar-refractivity contribution in [3.8, 4) is 11.5 Å². The average molecular weight is 423 g/mol. The van der Waals surface area contributed by atoms with E-state index in [-0.39, 0.29) is 6.54 Å². The highest BCUT2D eigenvalue weighted by atomic mass is 32.1. The predicted octanol–water partition coefficient (Wildman–Crippen LogP) is 3.55. The van der Waals surface area contributed by atoms with Gasteiger partial charge in [-0.3, -0.25) is 0 Å². The Morgan fingerprint density at radius 3 is 2.38 bits per heavy atom. The molecular formula is C20H26N2O6S. The van der Waals surface area contributed by atoms with Crippen molar-refractivity contribution >= 4 is 23.4 Å². The van der Waals surface area contributed by atoms with E-state index in [9.17, 15) is 9.59 Å². The van der Waals surface area contributed by atoms with Crippen LogP contribution in [0.1, 0.15) is 41.7 Å². The fourth-order valence-corrected chi connectivity index (χ4v) is 3.57. The van der Waals surface area contributed by atoms with E-state index in [0.717, 1.165) is 5.56 Å². The van der Waals surface area contributed by atoms with Crippen LogP contribution in [0.3, 0.4) is 0 Å². The van der Waals surface area contributed by atoms with Gasteiger partial charge in [-0.25, -0.2) is 9.59 Å². The van der Waals surface area contributed by atoms with Gasteiger partial charge < -0.3 is 23.5 Å². The molecule has 1 amide bonds. The van der Waals surface area contributed by atoms with Crippen LogP contribution in [-0.4, -0.2) is 43.6 Å². The monoisotopic (exact) mass is 422 g/mol. The lowest BCUT2D eigenvalue weighted by molar-refractivity contribution is 0.0573. The smallest absolute Gasteiger partial charge is 0.436 e. The van der Waals surface area contributed by atoms with Gasteiger partial charge in [-0.15, -0.1) is 16.3 Å². The van der Waals surface area contributed by atoms with Gasteiger partial charge in [-0.05, 0) is 39.8 Å². The number of hydrogen-bond donors (Lipinski definition) is 0. The fraction of sp³-hybridized carbons (Fsp3) is 0.450. The number of methoxy groups -OCH3 is 3. The molecule has 0 unspecified atom stereocenters. The molecule has 0 saturated carbocycles. The van der Waals surface area contributed by atoms with Crippen molar-refractivity contribution in [3.05, 3.63) is 39.1 Å².